The lowest BCUT2D eigenvalue weighted by Gasteiger charge is -2.45. The van der Waals surface area contributed by atoms with Crippen molar-refractivity contribution < 1.29 is 5.11 Å². The molecule has 0 aliphatic heterocycles. The average Bonchev–Trinajstić information content (AvgIpc) is 2.37. The lowest BCUT2D eigenvalue weighted by molar-refractivity contribution is -0.0329. The highest BCUT2D eigenvalue weighted by Crippen LogP contribution is 2.46. The molecule has 3 atom stereocenters. The van der Waals surface area contributed by atoms with Gasteiger partial charge in [0, 0.05) is 6.04 Å². The van der Waals surface area contributed by atoms with Crippen LogP contribution >= 0.6 is 0 Å². The maximum Gasteiger partial charge on any atom is 0.0744 e. The van der Waals surface area contributed by atoms with E-state index in [-0.39, 0.29) is 17.6 Å². The first-order valence-corrected chi connectivity index (χ1v) is 8.37. The van der Waals surface area contributed by atoms with Crippen LogP contribution in [0.25, 0.3) is 0 Å². The second-order valence-corrected chi connectivity index (χ2v) is 7.58. The van der Waals surface area contributed by atoms with E-state index >= 15 is 0 Å². The molecule has 0 radical (unpaired) electrons. The Labute approximate surface area is 125 Å². The van der Waals surface area contributed by atoms with Crippen LogP contribution in [0.4, 0.5) is 0 Å². The van der Waals surface area contributed by atoms with E-state index in [1.165, 1.54) is 24.8 Å². The summed E-state index contributed by atoms with van der Waals surface area (Å²) in [6.45, 7) is 10.9. The van der Waals surface area contributed by atoms with Gasteiger partial charge in [0.15, 0.2) is 0 Å². The van der Waals surface area contributed by atoms with Crippen molar-refractivity contribution in [3.8, 4) is 0 Å². The molecule has 0 heterocycles. The molecule has 0 aromatic rings. The molecule has 118 valence electrons. The SMILES string of the molecule is CC(C)=C[C@@H](CC1([C@H](O)[C@H](C)N)CCCCC1)C(C)C. The second kappa shape index (κ2) is 7.61. The smallest absolute Gasteiger partial charge is 0.0744 e. The number of allylic oxidation sites excluding steroid dienone is 2. The maximum absolute atomic E-state index is 10.7. The molecule has 2 nitrogen and oxygen atoms in total. The van der Waals surface area contributed by atoms with Crippen LogP contribution in [-0.4, -0.2) is 17.3 Å². The van der Waals surface area contributed by atoms with Gasteiger partial charge in [-0.2, -0.15) is 0 Å². The van der Waals surface area contributed by atoms with Crippen molar-refractivity contribution in [2.45, 2.75) is 85.3 Å². The first kappa shape index (κ1) is 17.7. The normalized spacial score (nSPS) is 23.2. The monoisotopic (exact) mass is 281 g/mol. The Morgan fingerprint density at radius 1 is 1.15 bits per heavy atom. The highest BCUT2D eigenvalue weighted by molar-refractivity contribution is 5.03. The fraction of sp³-hybridized carbons (Fsp3) is 0.889. The van der Waals surface area contributed by atoms with Gasteiger partial charge in [-0.1, -0.05) is 44.8 Å². The van der Waals surface area contributed by atoms with Gasteiger partial charge in [-0.05, 0) is 57.3 Å². The Morgan fingerprint density at radius 3 is 2.10 bits per heavy atom. The molecule has 1 rings (SSSR count). The van der Waals surface area contributed by atoms with Gasteiger partial charge < -0.3 is 10.8 Å². The number of aliphatic hydroxyl groups is 1. The molecule has 1 fully saturated rings. The van der Waals surface area contributed by atoms with Gasteiger partial charge in [0.05, 0.1) is 6.10 Å². The summed E-state index contributed by atoms with van der Waals surface area (Å²) in [6, 6.07) is -0.132. The highest BCUT2D eigenvalue weighted by atomic mass is 16.3. The van der Waals surface area contributed by atoms with Crippen molar-refractivity contribution in [1.29, 1.82) is 0 Å². The van der Waals surface area contributed by atoms with E-state index in [4.69, 9.17) is 5.73 Å². The first-order chi connectivity index (χ1) is 9.28. The summed E-state index contributed by atoms with van der Waals surface area (Å²) >= 11 is 0. The van der Waals surface area contributed by atoms with Gasteiger partial charge in [0.2, 0.25) is 0 Å². The third kappa shape index (κ3) is 4.60. The van der Waals surface area contributed by atoms with Crippen LogP contribution in [-0.2, 0) is 0 Å². The van der Waals surface area contributed by atoms with Crippen LogP contribution < -0.4 is 5.73 Å². The molecule has 0 saturated heterocycles. The Bertz CT molecular complexity index is 309. The number of rotatable bonds is 6. The quantitative estimate of drug-likeness (QED) is 0.714. The fourth-order valence-corrected chi connectivity index (χ4v) is 3.82. The van der Waals surface area contributed by atoms with Crippen LogP contribution in [0.15, 0.2) is 11.6 Å². The van der Waals surface area contributed by atoms with E-state index in [1.54, 1.807) is 0 Å². The van der Waals surface area contributed by atoms with Crippen LogP contribution in [0.5, 0.6) is 0 Å². The van der Waals surface area contributed by atoms with E-state index in [0.717, 1.165) is 19.3 Å². The molecule has 20 heavy (non-hydrogen) atoms. The third-order valence-corrected chi connectivity index (χ3v) is 5.02. The van der Waals surface area contributed by atoms with Crippen molar-refractivity contribution in [3.05, 3.63) is 11.6 Å². The number of nitrogens with two attached hydrogens (primary N) is 1. The van der Waals surface area contributed by atoms with Crippen molar-refractivity contribution in [2.75, 3.05) is 0 Å². The molecular weight excluding hydrogens is 246 g/mol. The standard InChI is InChI=1S/C18H35NO/c1-13(2)11-16(14(3)4)12-18(17(20)15(5)19)9-7-6-8-10-18/h11,14-17,20H,6-10,12,19H2,1-5H3/t15-,16-,17+/m0/s1. The number of aliphatic hydroxyl groups excluding tert-OH is 1. The fourth-order valence-electron chi connectivity index (χ4n) is 3.82. The lowest BCUT2D eigenvalue weighted by Crippen LogP contribution is -2.48. The molecule has 1 saturated carbocycles. The number of hydrogen-bond acceptors (Lipinski definition) is 2. The molecule has 0 amide bonds. The summed E-state index contributed by atoms with van der Waals surface area (Å²) in [6.07, 6.45) is 9.17. The highest BCUT2D eigenvalue weighted by Gasteiger charge is 2.42. The van der Waals surface area contributed by atoms with Crippen molar-refractivity contribution >= 4 is 0 Å². The molecule has 0 aromatic heterocycles. The number of hydrogen-bond donors (Lipinski definition) is 2. The van der Waals surface area contributed by atoms with E-state index < -0.39 is 0 Å². The molecule has 0 aromatic carbocycles. The minimum Gasteiger partial charge on any atom is -0.391 e. The van der Waals surface area contributed by atoms with Crippen LogP contribution in [0.3, 0.4) is 0 Å². The summed E-state index contributed by atoms with van der Waals surface area (Å²) in [5.74, 6) is 1.16. The predicted octanol–water partition coefficient (Wildman–Crippen LogP) is 4.27. The molecule has 2 heteroatoms. The summed E-state index contributed by atoms with van der Waals surface area (Å²) in [4.78, 5) is 0. The maximum atomic E-state index is 10.7. The van der Waals surface area contributed by atoms with Crippen LogP contribution in [0, 0.1) is 17.3 Å². The average molecular weight is 281 g/mol. The summed E-state index contributed by atoms with van der Waals surface area (Å²) in [5.41, 5.74) is 7.45. The van der Waals surface area contributed by atoms with E-state index in [9.17, 15) is 5.11 Å². The Kier molecular flexibility index (Phi) is 6.74. The molecule has 3 N–H and O–H groups in total. The molecule has 0 bridgehead atoms. The van der Waals surface area contributed by atoms with Crippen LogP contribution in [0.2, 0.25) is 0 Å². The van der Waals surface area contributed by atoms with Gasteiger partial charge >= 0.3 is 0 Å². The zero-order valence-electron chi connectivity index (χ0n) is 14.2. The van der Waals surface area contributed by atoms with E-state index in [0.29, 0.717) is 11.8 Å². The lowest BCUT2D eigenvalue weighted by atomic mass is 9.63. The Balaban J connectivity index is 2.95. The first-order valence-electron chi connectivity index (χ1n) is 8.37. The molecule has 1 aliphatic carbocycles. The van der Waals surface area contributed by atoms with Gasteiger partial charge in [0.1, 0.15) is 0 Å². The largest absolute Gasteiger partial charge is 0.391 e. The van der Waals surface area contributed by atoms with Crippen molar-refractivity contribution in [1.82, 2.24) is 0 Å². The minimum absolute atomic E-state index is 0.0350. The van der Waals surface area contributed by atoms with E-state index in [2.05, 4.69) is 33.8 Å². The van der Waals surface area contributed by atoms with Crippen LogP contribution in [0.1, 0.15) is 73.1 Å². The predicted molar refractivity (Wildman–Crippen MR) is 87.6 cm³/mol. The van der Waals surface area contributed by atoms with Gasteiger partial charge in [-0.3, -0.25) is 0 Å². The third-order valence-electron chi connectivity index (χ3n) is 5.02. The summed E-state index contributed by atoms with van der Waals surface area (Å²) in [7, 11) is 0. The van der Waals surface area contributed by atoms with Crippen molar-refractivity contribution in [3.63, 3.8) is 0 Å². The zero-order chi connectivity index (χ0) is 15.3. The van der Waals surface area contributed by atoms with E-state index in [1.807, 2.05) is 6.92 Å². The second-order valence-electron chi connectivity index (χ2n) is 7.58. The topological polar surface area (TPSA) is 46.2 Å². The molecule has 0 unspecified atom stereocenters. The van der Waals surface area contributed by atoms with Gasteiger partial charge in [-0.15, -0.1) is 0 Å². The molecule has 0 spiro atoms. The molecular formula is C18H35NO. The van der Waals surface area contributed by atoms with Crippen molar-refractivity contribution in [2.24, 2.45) is 23.0 Å². The Hall–Kier alpha value is -0.340. The minimum atomic E-state index is -0.366. The molecule has 1 aliphatic rings. The zero-order valence-corrected chi connectivity index (χ0v) is 14.2. The Morgan fingerprint density at radius 2 is 1.70 bits per heavy atom. The summed E-state index contributed by atoms with van der Waals surface area (Å²) in [5, 5.41) is 10.7. The van der Waals surface area contributed by atoms with Gasteiger partial charge in [-0.25, -0.2) is 0 Å². The van der Waals surface area contributed by atoms with Gasteiger partial charge in [0.25, 0.3) is 0 Å². The summed E-state index contributed by atoms with van der Waals surface area (Å²) < 4.78 is 0.